The standard InChI is InChI=1S/C25H20N2O3S/c28-24(19-12-14-20(15-13-19)26-25(29)22-10-6-16-30-22)27-21-9-4-5-11-23(21)31-17-18-7-2-1-3-8-18/h1-16H,17H2,(H,26,29)(H,27,28). The van der Waals surface area contributed by atoms with E-state index in [1.54, 1.807) is 48.2 Å². The minimum absolute atomic E-state index is 0.211. The number of amides is 2. The van der Waals surface area contributed by atoms with Gasteiger partial charge in [0, 0.05) is 21.9 Å². The Morgan fingerprint density at radius 3 is 2.23 bits per heavy atom. The molecule has 1 heterocycles. The topological polar surface area (TPSA) is 71.3 Å². The van der Waals surface area contributed by atoms with Crippen LogP contribution >= 0.6 is 11.8 Å². The molecule has 0 radical (unpaired) electrons. The van der Waals surface area contributed by atoms with Crippen molar-refractivity contribution in [2.24, 2.45) is 0 Å². The molecule has 0 aliphatic heterocycles. The van der Waals surface area contributed by atoms with Crippen molar-refractivity contribution in [1.82, 2.24) is 0 Å². The number of thioether (sulfide) groups is 1. The van der Waals surface area contributed by atoms with E-state index in [1.165, 1.54) is 11.8 Å². The Kier molecular flexibility index (Phi) is 6.50. The van der Waals surface area contributed by atoms with E-state index in [-0.39, 0.29) is 17.6 Å². The molecule has 6 heteroatoms. The van der Waals surface area contributed by atoms with Crippen molar-refractivity contribution in [3.63, 3.8) is 0 Å². The van der Waals surface area contributed by atoms with E-state index >= 15 is 0 Å². The first-order valence-electron chi connectivity index (χ1n) is 9.71. The molecule has 0 unspecified atom stereocenters. The number of nitrogens with one attached hydrogen (secondary N) is 2. The van der Waals surface area contributed by atoms with Gasteiger partial charge in [0.05, 0.1) is 12.0 Å². The van der Waals surface area contributed by atoms with Gasteiger partial charge in [0.2, 0.25) is 0 Å². The lowest BCUT2D eigenvalue weighted by molar-refractivity contribution is 0.0995. The van der Waals surface area contributed by atoms with Gasteiger partial charge in [-0.1, -0.05) is 42.5 Å². The van der Waals surface area contributed by atoms with Crippen LogP contribution in [-0.2, 0) is 5.75 Å². The predicted octanol–water partition coefficient (Wildman–Crippen LogP) is 6.08. The average Bonchev–Trinajstić information content (AvgIpc) is 3.35. The van der Waals surface area contributed by atoms with Crippen LogP contribution in [0.4, 0.5) is 11.4 Å². The number of furan rings is 1. The highest BCUT2D eigenvalue weighted by atomic mass is 32.2. The van der Waals surface area contributed by atoms with Gasteiger partial charge < -0.3 is 15.1 Å². The highest BCUT2D eigenvalue weighted by Gasteiger charge is 2.12. The summed E-state index contributed by atoms with van der Waals surface area (Å²) in [5, 5.41) is 5.72. The summed E-state index contributed by atoms with van der Waals surface area (Å²) >= 11 is 1.67. The zero-order valence-corrected chi connectivity index (χ0v) is 17.4. The van der Waals surface area contributed by atoms with Gasteiger partial charge in [0.1, 0.15) is 0 Å². The molecule has 3 aromatic carbocycles. The molecule has 31 heavy (non-hydrogen) atoms. The Morgan fingerprint density at radius 2 is 1.48 bits per heavy atom. The quantitative estimate of drug-likeness (QED) is 0.350. The number of rotatable bonds is 7. The van der Waals surface area contributed by atoms with Crippen LogP contribution in [-0.4, -0.2) is 11.8 Å². The number of para-hydroxylation sites is 1. The second-order valence-electron chi connectivity index (χ2n) is 6.73. The number of carbonyl (C=O) groups excluding carboxylic acids is 2. The maximum atomic E-state index is 12.7. The fraction of sp³-hybridized carbons (Fsp3) is 0.0400. The lowest BCUT2D eigenvalue weighted by Crippen LogP contribution is -2.13. The maximum Gasteiger partial charge on any atom is 0.291 e. The summed E-state index contributed by atoms with van der Waals surface area (Å²) < 4.78 is 5.08. The number of benzene rings is 3. The van der Waals surface area contributed by atoms with Crippen molar-refractivity contribution in [3.05, 3.63) is 114 Å². The van der Waals surface area contributed by atoms with Crippen LogP contribution in [0.15, 0.2) is 107 Å². The molecule has 2 amide bonds. The average molecular weight is 429 g/mol. The van der Waals surface area contributed by atoms with Gasteiger partial charge in [0.25, 0.3) is 11.8 Å². The van der Waals surface area contributed by atoms with E-state index in [0.717, 1.165) is 16.3 Å². The van der Waals surface area contributed by atoms with Crippen molar-refractivity contribution >= 4 is 35.0 Å². The van der Waals surface area contributed by atoms with Crippen LogP contribution in [0.25, 0.3) is 0 Å². The Morgan fingerprint density at radius 1 is 0.742 bits per heavy atom. The minimum Gasteiger partial charge on any atom is -0.459 e. The molecule has 4 aromatic rings. The monoisotopic (exact) mass is 428 g/mol. The van der Waals surface area contributed by atoms with E-state index in [1.807, 2.05) is 42.5 Å². The lowest BCUT2D eigenvalue weighted by atomic mass is 10.2. The van der Waals surface area contributed by atoms with Crippen molar-refractivity contribution in [1.29, 1.82) is 0 Å². The third-order valence-corrected chi connectivity index (χ3v) is 5.67. The molecule has 0 atom stereocenters. The van der Waals surface area contributed by atoms with E-state index < -0.39 is 0 Å². The van der Waals surface area contributed by atoms with E-state index in [9.17, 15) is 9.59 Å². The SMILES string of the molecule is O=C(Nc1ccccc1SCc1ccccc1)c1ccc(NC(=O)c2ccco2)cc1. The second kappa shape index (κ2) is 9.82. The minimum atomic E-state index is -0.341. The predicted molar refractivity (Wildman–Crippen MR) is 124 cm³/mol. The Hall–Kier alpha value is -3.77. The molecule has 0 aliphatic carbocycles. The molecule has 0 bridgehead atoms. The van der Waals surface area contributed by atoms with Crippen molar-refractivity contribution in [3.8, 4) is 0 Å². The van der Waals surface area contributed by atoms with Gasteiger partial charge in [0.15, 0.2) is 5.76 Å². The number of anilines is 2. The molecule has 2 N–H and O–H groups in total. The van der Waals surface area contributed by atoms with Crippen molar-refractivity contribution < 1.29 is 14.0 Å². The van der Waals surface area contributed by atoms with Crippen LogP contribution in [0.2, 0.25) is 0 Å². The van der Waals surface area contributed by atoms with Crippen molar-refractivity contribution in [2.75, 3.05) is 10.6 Å². The van der Waals surface area contributed by atoms with Gasteiger partial charge in [-0.2, -0.15) is 0 Å². The summed E-state index contributed by atoms with van der Waals surface area (Å²) in [4.78, 5) is 25.8. The summed E-state index contributed by atoms with van der Waals surface area (Å²) in [6.07, 6.45) is 1.44. The summed E-state index contributed by atoms with van der Waals surface area (Å²) in [5.74, 6) is 0.493. The highest BCUT2D eigenvalue weighted by Crippen LogP contribution is 2.30. The maximum absolute atomic E-state index is 12.7. The fourth-order valence-electron chi connectivity index (χ4n) is 2.93. The first kappa shape index (κ1) is 20.5. The van der Waals surface area contributed by atoms with Crippen molar-refractivity contribution in [2.45, 2.75) is 10.6 Å². The third kappa shape index (κ3) is 5.43. The van der Waals surface area contributed by atoms with Crippen LogP contribution in [0.1, 0.15) is 26.5 Å². The summed E-state index contributed by atoms with van der Waals surface area (Å²) in [6.45, 7) is 0. The molecule has 4 rings (SSSR count). The first-order valence-corrected chi connectivity index (χ1v) is 10.7. The molecular weight excluding hydrogens is 408 g/mol. The van der Waals surface area contributed by atoms with Gasteiger partial charge in [-0.3, -0.25) is 9.59 Å². The largest absolute Gasteiger partial charge is 0.459 e. The lowest BCUT2D eigenvalue weighted by Gasteiger charge is -2.11. The molecule has 154 valence electrons. The zero-order valence-electron chi connectivity index (χ0n) is 16.6. The second-order valence-corrected chi connectivity index (χ2v) is 7.75. The highest BCUT2D eigenvalue weighted by molar-refractivity contribution is 7.98. The fourth-order valence-corrected chi connectivity index (χ4v) is 3.89. The van der Waals surface area contributed by atoms with Gasteiger partial charge in [-0.05, 0) is 54.1 Å². The molecule has 1 aromatic heterocycles. The molecule has 0 aliphatic rings. The molecule has 0 saturated carbocycles. The summed E-state index contributed by atoms with van der Waals surface area (Å²) in [6, 6.07) is 27.9. The number of carbonyl (C=O) groups is 2. The molecule has 0 saturated heterocycles. The van der Waals surface area contributed by atoms with Crippen LogP contribution < -0.4 is 10.6 Å². The van der Waals surface area contributed by atoms with Crippen LogP contribution in [0, 0.1) is 0 Å². The molecule has 5 nitrogen and oxygen atoms in total. The zero-order chi connectivity index (χ0) is 21.5. The van der Waals surface area contributed by atoms with E-state index in [4.69, 9.17) is 4.42 Å². The molecule has 0 fully saturated rings. The third-order valence-electron chi connectivity index (χ3n) is 4.52. The summed E-state index contributed by atoms with van der Waals surface area (Å²) in [7, 11) is 0. The normalized spacial score (nSPS) is 10.5. The molecule has 0 spiro atoms. The van der Waals surface area contributed by atoms with Gasteiger partial charge >= 0.3 is 0 Å². The molecular formula is C25H20N2O3S. The van der Waals surface area contributed by atoms with Gasteiger partial charge in [-0.15, -0.1) is 11.8 Å². The van der Waals surface area contributed by atoms with Crippen LogP contribution in [0.3, 0.4) is 0 Å². The van der Waals surface area contributed by atoms with Crippen LogP contribution in [0.5, 0.6) is 0 Å². The summed E-state index contributed by atoms with van der Waals surface area (Å²) in [5.41, 5.74) is 3.07. The Balaban J connectivity index is 1.39. The Bertz CT molecular complexity index is 1160. The Labute approximate surface area is 184 Å². The number of hydrogen-bond acceptors (Lipinski definition) is 4. The first-order chi connectivity index (χ1) is 15.2. The van der Waals surface area contributed by atoms with E-state index in [0.29, 0.717) is 11.3 Å². The van der Waals surface area contributed by atoms with E-state index in [2.05, 4.69) is 22.8 Å². The smallest absolute Gasteiger partial charge is 0.291 e. The van der Waals surface area contributed by atoms with Gasteiger partial charge in [-0.25, -0.2) is 0 Å². The number of hydrogen-bond donors (Lipinski definition) is 2.